The van der Waals surface area contributed by atoms with Crippen molar-refractivity contribution in [3.8, 4) is 0 Å². The van der Waals surface area contributed by atoms with E-state index in [4.69, 9.17) is 0 Å². The molecule has 0 spiro atoms. The lowest BCUT2D eigenvalue weighted by molar-refractivity contribution is -0.0449. The summed E-state index contributed by atoms with van der Waals surface area (Å²) in [4.78, 5) is 0. The minimum atomic E-state index is -7.41. The molecule has 0 bridgehead atoms. The van der Waals surface area contributed by atoms with Gasteiger partial charge >= 0.3 is 11.0 Å². The maximum absolute atomic E-state index is 13.3. The fraction of sp³-hybridized carbons (Fsp3) is 0.889. The van der Waals surface area contributed by atoms with Gasteiger partial charge in [-0.05, 0) is 25.7 Å². The van der Waals surface area contributed by atoms with Gasteiger partial charge in [-0.3, -0.25) is 25.3 Å². The van der Waals surface area contributed by atoms with E-state index in [-0.39, 0.29) is 12.8 Å². The molecule has 150 valence electrons. The largest absolute Gasteiger partial charge is 0.470 e. The molecule has 1 rings (SSSR count). The number of alkyl halides is 7. The molecule has 0 aliphatic heterocycles. The number of hydrogen-bond acceptors (Lipinski definition) is 6. The highest BCUT2D eigenvalue weighted by atomic mass is 32.3. The summed E-state index contributed by atoms with van der Waals surface area (Å²) in [6.45, 7) is 0. The molecule has 0 heterocycles. The van der Waals surface area contributed by atoms with Crippen molar-refractivity contribution in [1.29, 1.82) is 0 Å². The second-order valence-electron chi connectivity index (χ2n) is 5.08. The van der Waals surface area contributed by atoms with Gasteiger partial charge in [0.05, 0.1) is 13.8 Å². The molecule has 0 aromatic rings. The average molecular weight is 443 g/mol. The molecule has 1 aliphatic rings. The first kappa shape index (κ1) is 22.4. The fourth-order valence-corrected chi connectivity index (χ4v) is 9.29. The van der Waals surface area contributed by atoms with Gasteiger partial charge in [0.1, 0.15) is 6.17 Å². The summed E-state index contributed by atoms with van der Waals surface area (Å²) < 4.78 is 154. The molecule has 25 heavy (non-hydrogen) atoms. The number of sulfone groups is 3. The molecule has 0 aromatic carbocycles. The van der Waals surface area contributed by atoms with Crippen molar-refractivity contribution in [3.05, 3.63) is 3.91 Å². The van der Waals surface area contributed by atoms with Gasteiger partial charge < -0.3 is 0 Å². The second-order valence-corrected chi connectivity index (χ2v) is 11.8. The van der Waals surface area contributed by atoms with Crippen LogP contribution in [0, 0.1) is 3.91 Å². The van der Waals surface area contributed by atoms with Gasteiger partial charge in [-0.15, -0.1) is 0 Å². The van der Waals surface area contributed by atoms with Gasteiger partial charge in [0.15, 0.2) is 19.7 Å². The van der Waals surface area contributed by atoms with E-state index in [0.717, 1.165) is 0 Å². The van der Waals surface area contributed by atoms with E-state index < -0.39 is 68.7 Å². The van der Waals surface area contributed by atoms with E-state index in [9.17, 15) is 56.0 Å². The lowest BCUT2D eigenvalue weighted by Gasteiger charge is -2.36. The highest BCUT2D eigenvalue weighted by molar-refractivity contribution is 8.29. The van der Waals surface area contributed by atoms with Crippen LogP contribution in [0.4, 0.5) is 30.7 Å². The van der Waals surface area contributed by atoms with E-state index in [1.54, 1.807) is 0 Å². The number of rotatable bonds is 4. The van der Waals surface area contributed by atoms with Crippen LogP contribution in [-0.4, -0.2) is 47.7 Å². The van der Waals surface area contributed by atoms with Crippen LogP contribution >= 0.6 is 0 Å². The van der Waals surface area contributed by atoms with Crippen molar-refractivity contribution in [2.75, 3.05) is 0 Å². The normalized spacial score (nSPS) is 24.5. The van der Waals surface area contributed by atoms with Crippen LogP contribution in [0.25, 0.3) is 0 Å². The fourth-order valence-electron chi connectivity index (χ4n) is 2.15. The molecule has 0 saturated heterocycles. The molecule has 0 N–H and O–H groups in total. The average Bonchev–Trinajstić information content (AvgIpc) is 2.34. The quantitative estimate of drug-likeness (QED) is 0.487. The predicted octanol–water partition coefficient (Wildman–Crippen LogP) is 2.00. The summed E-state index contributed by atoms with van der Waals surface area (Å²) in [5.41, 5.74) is -13.3. The first-order chi connectivity index (χ1) is 10.9. The molecule has 1 fully saturated rings. The van der Waals surface area contributed by atoms with Gasteiger partial charge in [0, 0.05) is 5.25 Å². The summed E-state index contributed by atoms with van der Waals surface area (Å²) >= 11 is 0. The molecule has 1 aliphatic carbocycles. The Balaban J connectivity index is 3.70. The van der Waals surface area contributed by atoms with Gasteiger partial charge in [-0.2, -0.15) is 26.3 Å². The van der Waals surface area contributed by atoms with Crippen LogP contribution in [0.1, 0.15) is 25.7 Å². The van der Waals surface area contributed by atoms with Gasteiger partial charge in [0.2, 0.25) is 0 Å². The van der Waals surface area contributed by atoms with Gasteiger partial charge in [-0.1, -0.05) is 0 Å². The highest BCUT2D eigenvalue weighted by Gasteiger charge is 2.59. The molecule has 0 aromatic heterocycles. The van der Waals surface area contributed by atoms with Crippen molar-refractivity contribution in [2.24, 2.45) is 0 Å². The molecule has 2 atom stereocenters. The van der Waals surface area contributed by atoms with Crippen LogP contribution in [0.5, 0.6) is 0 Å². The highest BCUT2D eigenvalue weighted by Crippen LogP contribution is 2.46. The third kappa shape index (κ3) is 4.04. The number of halogens is 7. The summed E-state index contributed by atoms with van der Waals surface area (Å²) in [5, 5.41) is -2.35. The minimum absolute atomic E-state index is 0.251. The van der Waals surface area contributed by atoms with Crippen molar-refractivity contribution in [3.63, 3.8) is 0 Å². The molecule has 0 amide bonds. The molecule has 1 saturated carbocycles. The van der Waals surface area contributed by atoms with Crippen molar-refractivity contribution >= 4 is 29.5 Å². The second kappa shape index (κ2) is 6.51. The third-order valence-corrected chi connectivity index (χ3v) is 11.2. The lowest BCUT2D eigenvalue weighted by Crippen LogP contribution is -2.47. The van der Waals surface area contributed by atoms with Gasteiger partial charge in [-0.25, -0.2) is 4.39 Å². The van der Waals surface area contributed by atoms with Crippen LogP contribution in [-0.2, 0) is 29.5 Å². The zero-order chi connectivity index (χ0) is 20.1. The van der Waals surface area contributed by atoms with Crippen LogP contribution < -0.4 is 0 Å². The van der Waals surface area contributed by atoms with E-state index in [1.165, 1.54) is 0 Å². The van der Waals surface area contributed by atoms with E-state index in [1.807, 2.05) is 0 Å². The number of hydrogen-bond donors (Lipinski definition) is 0. The predicted molar refractivity (Wildman–Crippen MR) is 69.3 cm³/mol. The van der Waals surface area contributed by atoms with Crippen molar-refractivity contribution in [2.45, 2.75) is 48.1 Å². The Bertz CT molecular complexity index is 765. The zero-order valence-electron chi connectivity index (χ0n) is 11.8. The van der Waals surface area contributed by atoms with E-state index in [2.05, 4.69) is 0 Å². The van der Waals surface area contributed by atoms with E-state index in [0.29, 0.717) is 0 Å². The standard InChI is InChI=1S/C9H10F7O6S3/c10-5-2-1-3-6(4-5)23(17,18)7(24(19,20)8(11,12)13)25(21,22)9(14,15)16/h5-6H,1-4H2/q-1. The minimum Gasteiger partial charge on any atom is -0.260 e. The van der Waals surface area contributed by atoms with Crippen molar-refractivity contribution < 1.29 is 56.0 Å². The maximum atomic E-state index is 13.3. The molecule has 0 radical (unpaired) electrons. The lowest BCUT2D eigenvalue weighted by atomic mass is 9.98. The van der Waals surface area contributed by atoms with Gasteiger partial charge in [0.25, 0.3) is 0 Å². The Morgan fingerprint density at radius 3 is 1.48 bits per heavy atom. The Labute approximate surface area is 138 Å². The molecular formula is C9H10F7O6S3-. The Morgan fingerprint density at radius 1 is 0.760 bits per heavy atom. The van der Waals surface area contributed by atoms with E-state index >= 15 is 0 Å². The first-order valence-corrected chi connectivity index (χ1v) is 10.8. The van der Waals surface area contributed by atoms with Crippen LogP contribution in [0.3, 0.4) is 0 Å². The summed E-state index contributed by atoms with van der Waals surface area (Å²) in [7, 11) is -21.0. The maximum Gasteiger partial charge on any atom is 0.470 e. The Hall–Kier alpha value is -0.640. The molecule has 2 unspecified atom stereocenters. The van der Waals surface area contributed by atoms with Crippen LogP contribution in [0.15, 0.2) is 0 Å². The third-order valence-electron chi connectivity index (χ3n) is 3.28. The summed E-state index contributed by atoms with van der Waals surface area (Å²) in [6, 6.07) is 0. The molecular weight excluding hydrogens is 433 g/mol. The monoisotopic (exact) mass is 443 g/mol. The Morgan fingerprint density at radius 2 is 1.16 bits per heavy atom. The Kier molecular flexibility index (Phi) is 5.83. The first-order valence-electron chi connectivity index (χ1n) is 6.24. The zero-order valence-corrected chi connectivity index (χ0v) is 14.3. The summed E-state index contributed by atoms with van der Waals surface area (Å²) in [5.74, 6) is 0. The molecule has 6 nitrogen and oxygen atoms in total. The summed E-state index contributed by atoms with van der Waals surface area (Å²) in [6.07, 6.45) is -4.30. The topological polar surface area (TPSA) is 102 Å². The van der Waals surface area contributed by atoms with Crippen molar-refractivity contribution in [1.82, 2.24) is 0 Å². The smallest absolute Gasteiger partial charge is 0.260 e. The van der Waals surface area contributed by atoms with Crippen LogP contribution in [0.2, 0.25) is 0 Å². The molecule has 16 heteroatoms. The SMILES string of the molecule is O=S(=O)([C-](S(=O)(=O)C(F)(F)F)S(=O)(=O)C(F)(F)F)C1CCCC(F)C1.